The second-order valence-electron chi connectivity index (χ2n) is 7.37. The van der Waals surface area contributed by atoms with Gasteiger partial charge in [0.1, 0.15) is 23.3 Å². The molecule has 0 amide bonds. The number of fused-ring (bicyclic) bond motifs is 1. The van der Waals surface area contributed by atoms with E-state index in [-0.39, 0.29) is 11.9 Å². The summed E-state index contributed by atoms with van der Waals surface area (Å²) in [5, 5.41) is 10.6. The lowest BCUT2D eigenvalue weighted by Crippen LogP contribution is -2.19. The van der Waals surface area contributed by atoms with Gasteiger partial charge >= 0.3 is 5.97 Å². The number of nitrogens with zero attached hydrogens (tertiary/aromatic N) is 2. The van der Waals surface area contributed by atoms with Crippen LogP contribution in [0.2, 0.25) is 0 Å². The van der Waals surface area contributed by atoms with Crippen molar-refractivity contribution in [1.29, 1.82) is 5.26 Å². The van der Waals surface area contributed by atoms with Gasteiger partial charge in [0, 0.05) is 17.1 Å². The number of methoxy groups -OCH3 is 1. The van der Waals surface area contributed by atoms with Crippen molar-refractivity contribution in [3.05, 3.63) is 53.6 Å². The maximum atomic E-state index is 14.0. The van der Waals surface area contributed by atoms with Gasteiger partial charge in [-0.05, 0) is 61.6 Å². The van der Waals surface area contributed by atoms with Crippen molar-refractivity contribution in [3.63, 3.8) is 0 Å². The number of nitriles is 1. The first kappa shape index (κ1) is 20.6. The molecular weight excluding hydrogens is 397 g/mol. The van der Waals surface area contributed by atoms with Crippen molar-refractivity contribution in [2.75, 3.05) is 13.7 Å². The van der Waals surface area contributed by atoms with Crippen LogP contribution in [0, 0.1) is 23.1 Å². The van der Waals surface area contributed by atoms with E-state index in [4.69, 9.17) is 9.47 Å². The van der Waals surface area contributed by atoms with Crippen LogP contribution < -0.4 is 4.74 Å². The van der Waals surface area contributed by atoms with Crippen LogP contribution in [0.1, 0.15) is 37.4 Å². The number of aromatic nitrogens is 2. The van der Waals surface area contributed by atoms with E-state index in [1.54, 1.807) is 25.3 Å². The number of H-pyrrole nitrogens is 1. The molecule has 6 nitrogen and oxygen atoms in total. The summed E-state index contributed by atoms with van der Waals surface area (Å²) in [4.78, 5) is 19.7. The van der Waals surface area contributed by atoms with Crippen molar-refractivity contribution >= 4 is 22.6 Å². The Hall–Kier alpha value is -3.66. The van der Waals surface area contributed by atoms with Crippen LogP contribution in [-0.2, 0) is 9.53 Å². The topological polar surface area (TPSA) is 88.0 Å². The number of ether oxygens (including phenoxy) is 2. The monoisotopic (exact) mass is 419 g/mol. The molecule has 1 unspecified atom stereocenters. The number of halogens is 1. The van der Waals surface area contributed by atoms with E-state index in [0.29, 0.717) is 65.0 Å². The van der Waals surface area contributed by atoms with E-state index in [9.17, 15) is 14.4 Å². The highest BCUT2D eigenvalue weighted by molar-refractivity contribution is 6.01. The van der Waals surface area contributed by atoms with Gasteiger partial charge in [0.05, 0.1) is 30.9 Å². The average molecular weight is 419 g/mol. The molecule has 4 rings (SSSR count). The number of rotatable bonds is 5. The molecule has 1 aliphatic carbocycles. The van der Waals surface area contributed by atoms with E-state index in [2.05, 4.69) is 16.0 Å². The summed E-state index contributed by atoms with van der Waals surface area (Å²) in [5.41, 5.74) is 3.87. The van der Waals surface area contributed by atoms with Crippen molar-refractivity contribution in [1.82, 2.24) is 9.97 Å². The Morgan fingerprint density at radius 1 is 1.35 bits per heavy atom. The number of pyridine rings is 1. The van der Waals surface area contributed by atoms with Gasteiger partial charge in [0.25, 0.3) is 0 Å². The van der Waals surface area contributed by atoms with E-state index in [0.717, 1.165) is 5.57 Å². The molecule has 7 heteroatoms. The molecular formula is C24H22FN3O3. The van der Waals surface area contributed by atoms with Crippen molar-refractivity contribution in [3.8, 4) is 22.9 Å². The number of hydrogen-bond acceptors (Lipinski definition) is 5. The van der Waals surface area contributed by atoms with Crippen LogP contribution in [0.15, 0.2) is 36.5 Å². The summed E-state index contributed by atoms with van der Waals surface area (Å²) >= 11 is 0. The fraction of sp³-hybridized carbons (Fsp3) is 0.292. The van der Waals surface area contributed by atoms with Crippen molar-refractivity contribution in [2.45, 2.75) is 26.2 Å². The highest BCUT2D eigenvalue weighted by Gasteiger charge is 2.26. The number of carbonyl (C=O) groups excluding carboxylic acids is 1. The lowest BCUT2D eigenvalue weighted by atomic mass is 9.87. The number of carbonyl (C=O) groups is 1. The van der Waals surface area contributed by atoms with Gasteiger partial charge in [-0.3, -0.25) is 4.79 Å². The Labute approximate surface area is 179 Å². The smallest absolute Gasteiger partial charge is 0.309 e. The average Bonchev–Trinajstić information content (AvgIpc) is 3.18. The highest BCUT2D eigenvalue weighted by Crippen LogP contribution is 2.40. The van der Waals surface area contributed by atoms with Gasteiger partial charge in [-0.25, -0.2) is 9.37 Å². The zero-order chi connectivity index (χ0) is 22.0. The summed E-state index contributed by atoms with van der Waals surface area (Å²) < 4.78 is 24.6. The van der Waals surface area contributed by atoms with E-state index >= 15 is 0 Å². The number of benzene rings is 1. The molecule has 31 heavy (non-hydrogen) atoms. The predicted molar refractivity (Wildman–Crippen MR) is 115 cm³/mol. The van der Waals surface area contributed by atoms with Crippen LogP contribution >= 0.6 is 0 Å². The first-order valence-corrected chi connectivity index (χ1v) is 10.2. The van der Waals surface area contributed by atoms with Crippen LogP contribution in [0.5, 0.6) is 5.75 Å². The predicted octanol–water partition coefficient (Wildman–Crippen LogP) is 5.00. The molecule has 0 saturated carbocycles. The molecule has 0 bridgehead atoms. The first-order valence-electron chi connectivity index (χ1n) is 10.2. The minimum atomic E-state index is -0.393. The number of esters is 1. The fourth-order valence-electron chi connectivity index (χ4n) is 4.12. The highest BCUT2D eigenvalue weighted by atomic mass is 19.1. The van der Waals surface area contributed by atoms with Gasteiger partial charge in [-0.2, -0.15) is 5.26 Å². The third-order valence-electron chi connectivity index (χ3n) is 5.61. The molecule has 1 aliphatic rings. The normalized spacial score (nSPS) is 15.9. The van der Waals surface area contributed by atoms with Gasteiger partial charge < -0.3 is 14.5 Å². The lowest BCUT2D eigenvalue weighted by Gasteiger charge is -2.20. The molecule has 0 aliphatic heterocycles. The number of allylic oxidation sites excluding steroid dienone is 2. The third kappa shape index (κ3) is 3.77. The molecule has 0 saturated heterocycles. The summed E-state index contributed by atoms with van der Waals surface area (Å²) in [6.07, 6.45) is 5.47. The molecule has 0 spiro atoms. The second-order valence-corrected chi connectivity index (χ2v) is 7.37. The zero-order valence-corrected chi connectivity index (χ0v) is 17.4. The maximum absolute atomic E-state index is 14.0. The molecule has 2 aromatic heterocycles. The summed E-state index contributed by atoms with van der Waals surface area (Å²) in [6.45, 7) is 2.16. The number of aromatic amines is 1. The van der Waals surface area contributed by atoms with Gasteiger partial charge in [-0.1, -0.05) is 6.08 Å². The summed E-state index contributed by atoms with van der Waals surface area (Å²) in [6, 6.07) is 8.34. The molecule has 2 heterocycles. The van der Waals surface area contributed by atoms with Crippen LogP contribution in [0.3, 0.4) is 0 Å². The SMILES string of the molecule is CCOC(=O)C1CC=C(c2[nH]c3nccc(-c4cc(F)ccc4OC)c3c2C#N)CC1. The second kappa shape index (κ2) is 8.60. The Morgan fingerprint density at radius 3 is 2.87 bits per heavy atom. The molecule has 1 aromatic carbocycles. The first-order chi connectivity index (χ1) is 15.1. The molecule has 0 radical (unpaired) electrons. The Kier molecular flexibility index (Phi) is 5.72. The largest absolute Gasteiger partial charge is 0.496 e. The van der Waals surface area contributed by atoms with Crippen LogP contribution in [0.4, 0.5) is 4.39 Å². The van der Waals surface area contributed by atoms with Crippen LogP contribution in [0.25, 0.3) is 27.7 Å². The molecule has 0 fully saturated rings. The van der Waals surface area contributed by atoms with Gasteiger partial charge in [0.2, 0.25) is 0 Å². The molecule has 1 N–H and O–H groups in total. The third-order valence-corrected chi connectivity index (χ3v) is 5.61. The standard InChI is InChI=1S/C24H22FN3O3/c1-3-31-24(29)15-6-4-14(5-7-15)22-19(13-26)21-17(10-11-27-23(21)28-22)18-12-16(25)8-9-20(18)30-2/h4,8-12,15H,3,5-7H2,1-2H3,(H,27,28). The Balaban J connectivity index is 1.81. The van der Waals surface area contributed by atoms with Gasteiger partial charge in [-0.15, -0.1) is 0 Å². The minimum Gasteiger partial charge on any atom is -0.496 e. The quantitative estimate of drug-likeness (QED) is 0.588. The number of nitrogens with one attached hydrogen (secondary N) is 1. The number of hydrogen-bond donors (Lipinski definition) is 1. The summed E-state index contributed by atoms with van der Waals surface area (Å²) in [7, 11) is 1.52. The molecule has 1 atom stereocenters. The van der Waals surface area contributed by atoms with E-state index in [1.165, 1.54) is 19.2 Å². The van der Waals surface area contributed by atoms with Crippen LogP contribution in [-0.4, -0.2) is 29.7 Å². The Morgan fingerprint density at radius 2 is 2.19 bits per heavy atom. The minimum absolute atomic E-state index is 0.163. The van der Waals surface area contributed by atoms with Crippen molar-refractivity contribution < 1.29 is 18.7 Å². The Bertz CT molecular complexity index is 1220. The van der Waals surface area contributed by atoms with E-state index < -0.39 is 5.82 Å². The lowest BCUT2D eigenvalue weighted by molar-refractivity contribution is -0.148. The van der Waals surface area contributed by atoms with Crippen molar-refractivity contribution in [2.24, 2.45) is 5.92 Å². The molecule has 3 aromatic rings. The molecule has 158 valence electrons. The fourth-order valence-corrected chi connectivity index (χ4v) is 4.12. The van der Waals surface area contributed by atoms with E-state index in [1.807, 2.05) is 6.08 Å². The van der Waals surface area contributed by atoms with Gasteiger partial charge in [0.15, 0.2) is 0 Å². The zero-order valence-electron chi connectivity index (χ0n) is 17.4. The maximum Gasteiger partial charge on any atom is 0.309 e. The summed E-state index contributed by atoms with van der Waals surface area (Å²) in [5.74, 6) is -0.231.